The molecule has 0 spiro atoms. The summed E-state index contributed by atoms with van der Waals surface area (Å²) in [7, 11) is 1.69. The number of aryl methyl sites for hydroxylation is 2. The van der Waals surface area contributed by atoms with E-state index in [1.54, 1.807) is 18.4 Å². The lowest BCUT2D eigenvalue weighted by molar-refractivity contribution is -0.122. The monoisotopic (exact) mass is 210 g/mol. The van der Waals surface area contributed by atoms with Crippen molar-refractivity contribution in [3.05, 3.63) is 15.6 Å². The first-order valence-electron chi connectivity index (χ1n) is 4.90. The molecule has 0 radical (unpaired) electrons. The zero-order valence-corrected chi connectivity index (χ0v) is 9.28. The van der Waals surface area contributed by atoms with E-state index in [1.807, 2.05) is 6.92 Å². The summed E-state index contributed by atoms with van der Waals surface area (Å²) in [6, 6.07) is 0. The van der Waals surface area contributed by atoms with Crippen LogP contribution in [0.4, 0.5) is 0 Å². The van der Waals surface area contributed by atoms with E-state index in [1.165, 1.54) is 4.88 Å². The molecule has 0 saturated heterocycles. The molecule has 0 saturated carbocycles. The van der Waals surface area contributed by atoms with Gasteiger partial charge >= 0.3 is 0 Å². The Morgan fingerprint density at radius 2 is 2.43 bits per heavy atom. The van der Waals surface area contributed by atoms with E-state index in [4.69, 9.17) is 0 Å². The molecule has 1 heterocycles. The fourth-order valence-corrected chi connectivity index (χ4v) is 3.01. The molecule has 1 aromatic heterocycles. The van der Waals surface area contributed by atoms with Gasteiger partial charge in [0.1, 0.15) is 0 Å². The van der Waals surface area contributed by atoms with Crippen LogP contribution in [0.3, 0.4) is 0 Å². The molecule has 1 unspecified atom stereocenters. The number of rotatable bonds is 1. The zero-order valence-electron chi connectivity index (χ0n) is 8.46. The van der Waals surface area contributed by atoms with E-state index in [0.29, 0.717) is 0 Å². The van der Waals surface area contributed by atoms with Gasteiger partial charge in [0.05, 0.1) is 16.6 Å². The highest BCUT2D eigenvalue weighted by Gasteiger charge is 2.28. The Morgan fingerprint density at radius 1 is 1.64 bits per heavy atom. The Bertz CT molecular complexity index is 359. The minimum Gasteiger partial charge on any atom is -0.359 e. The van der Waals surface area contributed by atoms with Gasteiger partial charge in [-0.1, -0.05) is 0 Å². The van der Waals surface area contributed by atoms with Crippen LogP contribution in [0.2, 0.25) is 0 Å². The molecule has 3 nitrogen and oxygen atoms in total. The topological polar surface area (TPSA) is 42.0 Å². The van der Waals surface area contributed by atoms with Gasteiger partial charge in [0.15, 0.2) is 0 Å². The summed E-state index contributed by atoms with van der Waals surface area (Å²) < 4.78 is 0. The first kappa shape index (κ1) is 9.65. The lowest BCUT2D eigenvalue weighted by Gasteiger charge is -2.19. The van der Waals surface area contributed by atoms with Crippen LogP contribution in [0.15, 0.2) is 0 Å². The van der Waals surface area contributed by atoms with Crippen LogP contribution in [0, 0.1) is 6.92 Å². The lowest BCUT2D eigenvalue weighted by Crippen LogP contribution is -2.28. The molecule has 4 heteroatoms. The largest absolute Gasteiger partial charge is 0.359 e. The molecule has 1 amide bonds. The van der Waals surface area contributed by atoms with Crippen LogP contribution in [-0.2, 0) is 11.2 Å². The highest BCUT2D eigenvalue weighted by molar-refractivity contribution is 7.11. The highest BCUT2D eigenvalue weighted by atomic mass is 32.1. The average Bonchev–Trinajstić information content (AvgIpc) is 2.56. The normalized spacial score (nSPS) is 20.3. The van der Waals surface area contributed by atoms with E-state index in [9.17, 15) is 4.79 Å². The standard InChI is InChI=1S/C10H14N2OS/c1-6-12-9-7(10(13)11-2)4-3-5-8(9)14-6/h7H,3-5H2,1-2H3,(H,11,13). The molecule has 14 heavy (non-hydrogen) atoms. The van der Waals surface area contributed by atoms with Gasteiger partial charge in [0.2, 0.25) is 5.91 Å². The number of carbonyl (C=O) groups excluding carboxylic acids is 1. The fraction of sp³-hybridized carbons (Fsp3) is 0.600. The third-order valence-electron chi connectivity index (χ3n) is 2.62. The Kier molecular flexibility index (Phi) is 2.54. The Hall–Kier alpha value is -0.900. The SMILES string of the molecule is CNC(=O)C1CCCc2sc(C)nc21. The number of thiazole rings is 1. The summed E-state index contributed by atoms with van der Waals surface area (Å²) in [6.07, 6.45) is 3.14. The third kappa shape index (κ3) is 1.54. The summed E-state index contributed by atoms with van der Waals surface area (Å²) in [5.74, 6) is 0.102. The summed E-state index contributed by atoms with van der Waals surface area (Å²) in [4.78, 5) is 17.4. The minimum absolute atomic E-state index is 0.00583. The number of hydrogen-bond donors (Lipinski definition) is 1. The van der Waals surface area contributed by atoms with Crippen LogP contribution in [0.1, 0.15) is 34.3 Å². The molecule has 2 rings (SSSR count). The first-order chi connectivity index (χ1) is 6.72. The van der Waals surface area contributed by atoms with Crippen LogP contribution in [0.25, 0.3) is 0 Å². The summed E-state index contributed by atoms with van der Waals surface area (Å²) in [5.41, 5.74) is 1.03. The molecule has 1 N–H and O–H groups in total. The predicted octanol–water partition coefficient (Wildman–Crippen LogP) is 1.62. The average molecular weight is 210 g/mol. The molecule has 76 valence electrons. The van der Waals surface area contributed by atoms with Gasteiger partial charge in [-0.3, -0.25) is 4.79 Å². The number of nitrogens with zero attached hydrogens (tertiary/aromatic N) is 1. The number of carbonyl (C=O) groups is 1. The van der Waals surface area contributed by atoms with Crippen molar-refractivity contribution in [3.8, 4) is 0 Å². The van der Waals surface area contributed by atoms with Crippen molar-refractivity contribution < 1.29 is 4.79 Å². The van der Waals surface area contributed by atoms with E-state index in [-0.39, 0.29) is 11.8 Å². The molecule has 0 aromatic carbocycles. The maximum atomic E-state index is 11.6. The molecule has 1 aromatic rings. The van der Waals surface area contributed by atoms with Crippen molar-refractivity contribution in [1.29, 1.82) is 0 Å². The van der Waals surface area contributed by atoms with Gasteiger partial charge in [0, 0.05) is 11.9 Å². The van der Waals surface area contributed by atoms with Crippen molar-refractivity contribution in [2.24, 2.45) is 0 Å². The Morgan fingerprint density at radius 3 is 3.14 bits per heavy atom. The van der Waals surface area contributed by atoms with Crippen molar-refractivity contribution in [3.63, 3.8) is 0 Å². The molecule has 0 aliphatic heterocycles. The van der Waals surface area contributed by atoms with Crippen molar-refractivity contribution in [2.45, 2.75) is 32.1 Å². The maximum Gasteiger partial charge on any atom is 0.228 e. The van der Waals surface area contributed by atoms with E-state index >= 15 is 0 Å². The van der Waals surface area contributed by atoms with Crippen LogP contribution in [0.5, 0.6) is 0 Å². The van der Waals surface area contributed by atoms with E-state index in [2.05, 4.69) is 10.3 Å². The Balaban J connectivity index is 2.34. The molecule has 0 bridgehead atoms. The van der Waals surface area contributed by atoms with Gasteiger partial charge in [-0.2, -0.15) is 0 Å². The number of likely N-dealkylation sites (N-methyl/N-ethyl adjacent to an activating group) is 1. The van der Waals surface area contributed by atoms with Crippen molar-refractivity contribution in [2.75, 3.05) is 7.05 Å². The van der Waals surface area contributed by atoms with E-state index in [0.717, 1.165) is 30.0 Å². The van der Waals surface area contributed by atoms with Gasteiger partial charge in [-0.25, -0.2) is 4.98 Å². The number of nitrogens with one attached hydrogen (secondary N) is 1. The Labute approximate surface area is 87.6 Å². The maximum absolute atomic E-state index is 11.6. The summed E-state index contributed by atoms with van der Waals surface area (Å²) >= 11 is 1.73. The first-order valence-corrected chi connectivity index (χ1v) is 5.72. The zero-order chi connectivity index (χ0) is 10.1. The second-order valence-electron chi connectivity index (χ2n) is 3.60. The summed E-state index contributed by atoms with van der Waals surface area (Å²) in [5, 5.41) is 3.79. The molecular formula is C10H14N2OS. The van der Waals surface area contributed by atoms with Gasteiger partial charge in [-0.15, -0.1) is 11.3 Å². The summed E-state index contributed by atoms with van der Waals surface area (Å²) in [6.45, 7) is 2.00. The molecule has 0 fully saturated rings. The molecular weight excluding hydrogens is 196 g/mol. The number of fused-ring (bicyclic) bond motifs is 1. The lowest BCUT2D eigenvalue weighted by atomic mass is 9.90. The molecule has 1 atom stereocenters. The van der Waals surface area contributed by atoms with E-state index < -0.39 is 0 Å². The minimum atomic E-state index is -0.00583. The second-order valence-corrected chi connectivity index (χ2v) is 4.89. The van der Waals surface area contributed by atoms with Gasteiger partial charge in [0.25, 0.3) is 0 Å². The van der Waals surface area contributed by atoms with Crippen molar-refractivity contribution in [1.82, 2.24) is 10.3 Å². The predicted molar refractivity (Wildman–Crippen MR) is 56.6 cm³/mol. The number of hydrogen-bond acceptors (Lipinski definition) is 3. The second kappa shape index (κ2) is 3.69. The smallest absolute Gasteiger partial charge is 0.228 e. The molecule has 1 aliphatic carbocycles. The van der Waals surface area contributed by atoms with Crippen LogP contribution in [-0.4, -0.2) is 17.9 Å². The van der Waals surface area contributed by atoms with Crippen LogP contribution < -0.4 is 5.32 Å². The quantitative estimate of drug-likeness (QED) is 0.765. The van der Waals surface area contributed by atoms with Gasteiger partial charge in [-0.05, 0) is 26.2 Å². The number of aromatic nitrogens is 1. The van der Waals surface area contributed by atoms with Gasteiger partial charge < -0.3 is 5.32 Å². The fourth-order valence-electron chi connectivity index (χ4n) is 1.97. The van der Waals surface area contributed by atoms with Crippen molar-refractivity contribution >= 4 is 17.2 Å². The van der Waals surface area contributed by atoms with Crippen LogP contribution >= 0.6 is 11.3 Å². The third-order valence-corrected chi connectivity index (χ3v) is 3.67. The highest BCUT2D eigenvalue weighted by Crippen LogP contribution is 2.34. The molecule has 1 aliphatic rings. The number of amides is 1.